The number of benzene rings is 2. The summed E-state index contributed by atoms with van der Waals surface area (Å²) >= 11 is 0. The normalized spacial score (nSPS) is 15.6. The van der Waals surface area contributed by atoms with Crippen LogP contribution < -0.4 is 0 Å². The van der Waals surface area contributed by atoms with Crippen LogP contribution in [0.2, 0.25) is 0 Å². The summed E-state index contributed by atoms with van der Waals surface area (Å²) < 4.78 is 5.47. The number of piperazine rings is 1. The van der Waals surface area contributed by atoms with Gasteiger partial charge in [-0.3, -0.25) is 4.90 Å². The van der Waals surface area contributed by atoms with Gasteiger partial charge in [-0.05, 0) is 30.8 Å². The minimum Gasteiger partial charge on any atom is -0.506 e. The van der Waals surface area contributed by atoms with E-state index in [0.29, 0.717) is 22.9 Å². The predicted molar refractivity (Wildman–Crippen MR) is 115 cm³/mol. The van der Waals surface area contributed by atoms with E-state index in [1.54, 1.807) is 12.1 Å². The van der Waals surface area contributed by atoms with Crippen molar-refractivity contribution in [2.75, 3.05) is 33.2 Å². The number of pyridine rings is 1. The first-order valence-corrected chi connectivity index (χ1v) is 10.1. The molecule has 0 amide bonds. The standard InChI is InChI=1S/C23H23N5O2/c1-27-10-12-28(13-11-27)15-16-4-2-6-18(14-16)22-25-23(30-26-22)19-9-8-17-5-3-7-20(29)21(17)24-19/h2-9,14,29H,10-13,15H2,1H3. The number of rotatable bonds is 4. The molecule has 0 spiro atoms. The molecular formula is C23H23N5O2. The molecule has 1 aliphatic heterocycles. The average molecular weight is 401 g/mol. The van der Waals surface area contributed by atoms with Crippen molar-refractivity contribution in [3.8, 4) is 28.7 Å². The van der Waals surface area contributed by atoms with E-state index in [-0.39, 0.29) is 5.75 Å². The van der Waals surface area contributed by atoms with Gasteiger partial charge in [-0.2, -0.15) is 4.98 Å². The first kappa shape index (κ1) is 18.7. The van der Waals surface area contributed by atoms with Gasteiger partial charge in [0.1, 0.15) is 17.0 Å². The van der Waals surface area contributed by atoms with Crippen LogP contribution >= 0.6 is 0 Å². The summed E-state index contributed by atoms with van der Waals surface area (Å²) in [5, 5.41) is 15.1. The third kappa shape index (κ3) is 3.77. The molecule has 0 aliphatic carbocycles. The number of hydrogen-bond donors (Lipinski definition) is 1. The van der Waals surface area contributed by atoms with Crippen molar-refractivity contribution in [2.24, 2.45) is 0 Å². The smallest absolute Gasteiger partial charge is 0.276 e. The Bertz CT molecular complexity index is 1180. The van der Waals surface area contributed by atoms with Gasteiger partial charge in [0, 0.05) is 43.7 Å². The molecule has 7 nitrogen and oxygen atoms in total. The van der Waals surface area contributed by atoms with E-state index in [0.717, 1.165) is 43.7 Å². The van der Waals surface area contributed by atoms with Crippen LogP contribution in [0.1, 0.15) is 5.56 Å². The summed E-state index contributed by atoms with van der Waals surface area (Å²) in [7, 11) is 2.16. The van der Waals surface area contributed by atoms with Gasteiger partial charge >= 0.3 is 0 Å². The zero-order valence-electron chi connectivity index (χ0n) is 16.8. The molecule has 0 bridgehead atoms. The molecule has 2 aromatic heterocycles. The Labute approximate surface area is 174 Å². The Morgan fingerprint density at radius 1 is 0.967 bits per heavy atom. The second kappa shape index (κ2) is 7.85. The number of hydrogen-bond acceptors (Lipinski definition) is 7. The first-order valence-electron chi connectivity index (χ1n) is 10.1. The molecule has 1 N–H and O–H groups in total. The van der Waals surface area contributed by atoms with Gasteiger partial charge in [-0.15, -0.1) is 0 Å². The van der Waals surface area contributed by atoms with E-state index in [1.807, 2.05) is 30.3 Å². The van der Waals surface area contributed by atoms with Crippen molar-refractivity contribution in [3.05, 3.63) is 60.2 Å². The van der Waals surface area contributed by atoms with Crippen LogP contribution in [-0.2, 0) is 6.54 Å². The summed E-state index contributed by atoms with van der Waals surface area (Å²) in [5.41, 5.74) is 3.21. The van der Waals surface area contributed by atoms with Gasteiger partial charge in [0.2, 0.25) is 5.82 Å². The van der Waals surface area contributed by atoms with Gasteiger partial charge < -0.3 is 14.5 Å². The molecule has 0 saturated carbocycles. The lowest BCUT2D eigenvalue weighted by Crippen LogP contribution is -2.43. The number of phenolic OH excluding ortho intramolecular Hbond substituents is 1. The van der Waals surface area contributed by atoms with Crippen molar-refractivity contribution in [1.29, 1.82) is 0 Å². The third-order valence-electron chi connectivity index (χ3n) is 5.53. The van der Waals surface area contributed by atoms with Crippen molar-refractivity contribution < 1.29 is 9.63 Å². The Kier molecular flexibility index (Phi) is 4.90. The Morgan fingerprint density at radius 2 is 1.80 bits per heavy atom. The fourth-order valence-electron chi connectivity index (χ4n) is 3.77. The number of aromatic hydroxyl groups is 1. The first-order chi connectivity index (χ1) is 14.7. The summed E-state index contributed by atoms with van der Waals surface area (Å²) in [6, 6.07) is 17.3. The van der Waals surface area contributed by atoms with Gasteiger partial charge in [-0.1, -0.05) is 41.6 Å². The van der Waals surface area contributed by atoms with E-state index >= 15 is 0 Å². The molecule has 152 valence electrons. The highest BCUT2D eigenvalue weighted by Gasteiger charge is 2.16. The minimum absolute atomic E-state index is 0.130. The molecule has 30 heavy (non-hydrogen) atoms. The molecule has 5 rings (SSSR count). The van der Waals surface area contributed by atoms with E-state index in [1.165, 1.54) is 5.56 Å². The van der Waals surface area contributed by atoms with E-state index in [2.05, 4.69) is 44.1 Å². The molecule has 4 aromatic rings. The fraction of sp³-hybridized carbons (Fsp3) is 0.261. The third-order valence-corrected chi connectivity index (χ3v) is 5.53. The van der Waals surface area contributed by atoms with Gasteiger partial charge in [0.05, 0.1) is 0 Å². The molecule has 1 saturated heterocycles. The van der Waals surface area contributed by atoms with Crippen LogP contribution in [0.3, 0.4) is 0 Å². The Hall–Kier alpha value is -3.29. The van der Waals surface area contributed by atoms with E-state index in [4.69, 9.17) is 4.52 Å². The highest BCUT2D eigenvalue weighted by atomic mass is 16.5. The van der Waals surface area contributed by atoms with Crippen molar-refractivity contribution in [2.45, 2.75) is 6.54 Å². The summed E-state index contributed by atoms with van der Waals surface area (Å²) in [6.07, 6.45) is 0. The number of para-hydroxylation sites is 1. The summed E-state index contributed by atoms with van der Waals surface area (Å²) in [4.78, 5) is 13.9. The SMILES string of the molecule is CN1CCN(Cc2cccc(-c3noc(-c4ccc5cccc(O)c5n4)n3)c2)CC1. The van der Waals surface area contributed by atoms with Crippen molar-refractivity contribution in [1.82, 2.24) is 24.9 Å². The fourth-order valence-corrected chi connectivity index (χ4v) is 3.77. The lowest BCUT2D eigenvalue weighted by Gasteiger charge is -2.32. The number of nitrogens with zero attached hydrogens (tertiary/aromatic N) is 5. The second-order valence-corrected chi connectivity index (χ2v) is 7.75. The molecule has 2 aromatic carbocycles. The predicted octanol–water partition coefficient (Wildman–Crippen LogP) is 3.40. The van der Waals surface area contributed by atoms with Gasteiger partial charge in [0.15, 0.2) is 0 Å². The maximum atomic E-state index is 10.1. The highest BCUT2D eigenvalue weighted by Crippen LogP contribution is 2.27. The van der Waals surface area contributed by atoms with Crippen LogP contribution in [0, 0.1) is 0 Å². The highest BCUT2D eigenvalue weighted by molar-refractivity contribution is 5.85. The zero-order valence-corrected chi connectivity index (χ0v) is 16.8. The number of likely N-dealkylation sites (N-methyl/N-ethyl adjacent to an activating group) is 1. The lowest BCUT2D eigenvalue weighted by atomic mass is 10.1. The number of fused-ring (bicyclic) bond motifs is 1. The maximum absolute atomic E-state index is 10.1. The molecule has 0 unspecified atom stereocenters. The topological polar surface area (TPSA) is 78.5 Å². The van der Waals surface area contributed by atoms with Crippen LogP contribution in [0.15, 0.2) is 59.1 Å². The molecule has 1 fully saturated rings. The zero-order chi connectivity index (χ0) is 20.5. The van der Waals surface area contributed by atoms with Crippen LogP contribution in [0.5, 0.6) is 5.75 Å². The van der Waals surface area contributed by atoms with Crippen LogP contribution in [0.4, 0.5) is 0 Å². The number of phenols is 1. The Balaban J connectivity index is 1.38. The summed E-state index contributed by atoms with van der Waals surface area (Å²) in [5.74, 6) is 0.995. The van der Waals surface area contributed by atoms with Crippen LogP contribution in [-0.4, -0.2) is 63.3 Å². The van der Waals surface area contributed by atoms with Gasteiger partial charge in [-0.25, -0.2) is 4.98 Å². The molecule has 7 heteroatoms. The minimum atomic E-state index is 0.130. The Morgan fingerprint density at radius 3 is 2.67 bits per heavy atom. The lowest BCUT2D eigenvalue weighted by molar-refractivity contribution is 0.148. The largest absolute Gasteiger partial charge is 0.506 e. The maximum Gasteiger partial charge on any atom is 0.276 e. The van der Waals surface area contributed by atoms with Gasteiger partial charge in [0.25, 0.3) is 5.89 Å². The quantitative estimate of drug-likeness (QED) is 0.561. The van der Waals surface area contributed by atoms with Crippen molar-refractivity contribution in [3.63, 3.8) is 0 Å². The van der Waals surface area contributed by atoms with E-state index in [9.17, 15) is 5.11 Å². The molecule has 3 heterocycles. The summed E-state index contributed by atoms with van der Waals surface area (Å²) in [6.45, 7) is 5.27. The molecule has 1 aliphatic rings. The second-order valence-electron chi connectivity index (χ2n) is 7.75. The molecular weight excluding hydrogens is 378 g/mol. The average Bonchev–Trinajstić information content (AvgIpc) is 3.26. The van der Waals surface area contributed by atoms with Crippen LogP contribution in [0.25, 0.3) is 33.9 Å². The molecule has 0 radical (unpaired) electrons. The monoisotopic (exact) mass is 401 g/mol. The number of aromatic nitrogens is 3. The van der Waals surface area contributed by atoms with Crippen molar-refractivity contribution >= 4 is 10.9 Å². The molecule has 0 atom stereocenters. The van der Waals surface area contributed by atoms with E-state index < -0.39 is 0 Å².